The SMILES string of the molecule is CN(CC(O)CNC(C)(C)CCCc1ccccc1)S(=O)(=O)c1cc(CCC(=O)O)cc(OC(F)(F)F)c1. The van der Waals surface area contributed by atoms with E-state index in [0.717, 1.165) is 41.8 Å². The Hall–Kier alpha value is -2.67. The van der Waals surface area contributed by atoms with Crippen LogP contribution in [0.1, 0.15) is 44.2 Å². The van der Waals surface area contributed by atoms with Crippen LogP contribution in [0.15, 0.2) is 53.4 Å². The minimum Gasteiger partial charge on any atom is -0.481 e. The maximum absolute atomic E-state index is 13.1. The van der Waals surface area contributed by atoms with Crippen LogP contribution < -0.4 is 10.1 Å². The Morgan fingerprint density at radius 2 is 1.74 bits per heavy atom. The molecule has 8 nitrogen and oxygen atoms in total. The van der Waals surface area contributed by atoms with E-state index in [-0.39, 0.29) is 30.6 Å². The standard InChI is InChI=1S/C26H35F3N2O6S/c1-25(2,13-7-10-19-8-5-4-6-9-19)30-17-21(32)18-31(3)38(35,36)23-15-20(11-12-24(33)34)14-22(16-23)37-26(27,28)29/h4-6,8-9,14-16,21,30,32H,7,10-13,17-18H2,1-3H3,(H,33,34). The number of rotatable bonds is 15. The third-order valence-electron chi connectivity index (χ3n) is 5.90. The summed E-state index contributed by atoms with van der Waals surface area (Å²) >= 11 is 0. The first kappa shape index (κ1) is 31.5. The predicted octanol–water partition coefficient (Wildman–Crippen LogP) is 3.97. The number of β-amino-alcohol motifs (C(OH)–C–C–N with tert-alkyl or cyclic N) is 1. The molecular weight excluding hydrogens is 525 g/mol. The molecule has 1 unspecified atom stereocenters. The summed E-state index contributed by atoms with van der Waals surface area (Å²) in [4.78, 5) is 10.4. The molecule has 2 rings (SSSR count). The first-order valence-corrected chi connectivity index (χ1v) is 13.6. The lowest BCUT2D eigenvalue weighted by Crippen LogP contribution is -2.46. The highest BCUT2D eigenvalue weighted by molar-refractivity contribution is 7.89. The summed E-state index contributed by atoms with van der Waals surface area (Å²) in [5.74, 6) is -1.96. The second-order valence-electron chi connectivity index (χ2n) is 9.80. The van der Waals surface area contributed by atoms with Crippen LogP contribution in [0, 0.1) is 0 Å². The first-order chi connectivity index (χ1) is 17.6. The Kier molecular flexibility index (Phi) is 11.1. The Morgan fingerprint density at radius 3 is 2.34 bits per heavy atom. The second-order valence-corrected chi connectivity index (χ2v) is 11.8. The van der Waals surface area contributed by atoms with Gasteiger partial charge in [0.1, 0.15) is 5.75 Å². The number of hydrogen-bond donors (Lipinski definition) is 3. The quantitative estimate of drug-likeness (QED) is 0.302. The molecule has 1 atom stereocenters. The summed E-state index contributed by atoms with van der Waals surface area (Å²) in [7, 11) is -3.11. The molecule has 0 aliphatic rings. The van der Waals surface area contributed by atoms with Gasteiger partial charge >= 0.3 is 12.3 Å². The first-order valence-electron chi connectivity index (χ1n) is 12.1. The molecule has 0 amide bonds. The minimum absolute atomic E-state index is 0.0561. The molecule has 38 heavy (non-hydrogen) atoms. The van der Waals surface area contributed by atoms with Crippen molar-refractivity contribution in [1.82, 2.24) is 9.62 Å². The molecule has 0 saturated carbocycles. The maximum atomic E-state index is 13.1. The van der Waals surface area contributed by atoms with Crippen LogP contribution >= 0.6 is 0 Å². The number of aliphatic carboxylic acids is 1. The lowest BCUT2D eigenvalue weighted by atomic mass is 9.95. The highest BCUT2D eigenvalue weighted by Crippen LogP contribution is 2.28. The van der Waals surface area contributed by atoms with E-state index in [4.69, 9.17) is 5.11 Å². The van der Waals surface area contributed by atoms with Gasteiger partial charge in [0.05, 0.1) is 11.0 Å². The highest BCUT2D eigenvalue weighted by Gasteiger charge is 2.32. The third kappa shape index (κ3) is 11.0. The van der Waals surface area contributed by atoms with Crippen molar-refractivity contribution in [1.29, 1.82) is 0 Å². The zero-order chi connectivity index (χ0) is 28.6. The molecule has 0 heterocycles. The summed E-state index contributed by atoms with van der Waals surface area (Å²) in [6.45, 7) is 3.75. The molecular formula is C26H35F3N2O6S. The van der Waals surface area contributed by atoms with Crippen molar-refractivity contribution >= 4 is 16.0 Å². The van der Waals surface area contributed by atoms with Gasteiger partial charge < -0.3 is 20.3 Å². The monoisotopic (exact) mass is 560 g/mol. The van der Waals surface area contributed by atoms with Crippen molar-refractivity contribution < 1.29 is 41.3 Å². The van der Waals surface area contributed by atoms with Crippen molar-refractivity contribution in [2.24, 2.45) is 0 Å². The van der Waals surface area contributed by atoms with E-state index in [1.165, 1.54) is 12.6 Å². The Labute approximate surface area is 221 Å². The van der Waals surface area contributed by atoms with Crippen LogP contribution in [0.25, 0.3) is 0 Å². The molecule has 3 N–H and O–H groups in total. The van der Waals surface area contributed by atoms with E-state index in [9.17, 15) is 31.5 Å². The molecule has 0 bridgehead atoms. The molecule has 12 heteroatoms. The maximum Gasteiger partial charge on any atom is 0.573 e. The highest BCUT2D eigenvalue weighted by atomic mass is 32.2. The van der Waals surface area contributed by atoms with Gasteiger partial charge in [-0.25, -0.2) is 8.42 Å². The Bertz CT molecular complexity index is 1160. The van der Waals surface area contributed by atoms with E-state index in [2.05, 4.69) is 22.2 Å². The minimum atomic E-state index is -5.06. The number of ether oxygens (including phenoxy) is 1. The van der Waals surface area contributed by atoms with Crippen molar-refractivity contribution in [2.75, 3.05) is 20.1 Å². The molecule has 212 valence electrons. The molecule has 0 aliphatic heterocycles. The van der Waals surface area contributed by atoms with E-state index in [1.54, 1.807) is 0 Å². The van der Waals surface area contributed by atoms with Crippen molar-refractivity contribution in [3.8, 4) is 5.75 Å². The van der Waals surface area contributed by atoms with Crippen LogP contribution in [-0.4, -0.2) is 67.0 Å². The molecule has 0 spiro atoms. The van der Waals surface area contributed by atoms with Crippen LogP contribution in [0.2, 0.25) is 0 Å². The topological polar surface area (TPSA) is 116 Å². The van der Waals surface area contributed by atoms with Gasteiger partial charge in [0.25, 0.3) is 0 Å². The van der Waals surface area contributed by atoms with E-state index in [0.29, 0.717) is 0 Å². The van der Waals surface area contributed by atoms with Crippen LogP contribution in [0.3, 0.4) is 0 Å². The summed E-state index contributed by atoms with van der Waals surface area (Å²) < 4.78 is 69.2. The number of carboxylic acids is 1. The van der Waals surface area contributed by atoms with Gasteiger partial charge in [-0.05, 0) is 62.8 Å². The van der Waals surface area contributed by atoms with Crippen LogP contribution in [0.4, 0.5) is 13.2 Å². The average molecular weight is 561 g/mol. The number of nitrogens with zero attached hydrogens (tertiary/aromatic N) is 1. The summed E-state index contributed by atoms with van der Waals surface area (Å²) in [5, 5.41) is 22.6. The number of halogens is 3. The second kappa shape index (κ2) is 13.4. The zero-order valence-corrected chi connectivity index (χ0v) is 22.5. The molecule has 0 saturated heterocycles. The molecule has 2 aromatic carbocycles. The average Bonchev–Trinajstić information content (AvgIpc) is 2.81. The van der Waals surface area contributed by atoms with Crippen LogP contribution in [-0.2, 0) is 27.7 Å². The van der Waals surface area contributed by atoms with Crippen molar-refractivity contribution in [3.05, 3.63) is 59.7 Å². The fourth-order valence-electron chi connectivity index (χ4n) is 3.87. The van der Waals surface area contributed by atoms with Gasteiger partial charge in [0.15, 0.2) is 0 Å². The molecule has 0 aromatic heterocycles. The summed E-state index contributed by atoms with van der Waals surface area (Å²) in [5.41, 5.74) is 0.960. The predicted molar refractivity (Wildman–Crippen MR) is 136 cm³/mol. The number of hydrogen-bond acceptors (Lipinski definition) is 6. The fourth-order valence-corrected chi connectivity index (χ4v) is 5.16. The number of nitrogens with one attached hydrogen (secondary N) is 1. The van der Waals surface area contributed by atoms with Gasteiger partial charge in [-0.3, -0.25) is 4.79 Å². The van der Waals surface area contributed by atoms with Gasteiger partial charge in [-0.15, -0.1) is 13.2 Å². The van der Waals surface area contributed by atoms with Gasteiger partial charge in [0.2, 0.25) is 10.0 Å². The number of benzene rings is 2. The Morgan fingerprint density at radius 1 is 1.08 bits per heavy atom. The normalized spacial score (nSPS) is 13.5. The molecule has 0 fully saturated rings. The fraction of sp³-hybridized carbons (Fsp3) is 0.500. The number of sulfonamides is 1. The number of aliphatic hydroxyl groups is 1. The number of carboxylic acid groups (broad SMARTS) is 1. The smallest absolute Gasteiger partial charge is 0.481 e. The van der Waals surface area contributed by atoms with E-state index in [1.807, 2.05) is 32.0 Å². The van der Waals surface area contributed by atoms with Crippen molar-refractivity contribution in [2.45, 2.75) is 68.9 Å². The largest absolute Gasteiger partial charge is 0.573 e. The van der Waals surface area contributed by atoms with E-state index < -0.39 is 45.5 Å². The summed E-state index contributed by atoms with van der Waals surface area (Å²) in [6, 6.07) is 12.8. The lowest BCUT2D eigenvalue weighted by molar-refractivity contribution is -0.274. The van der Waals surface area contributed by atoms with Crippen LogP contribution in [0.5, 0.6) is 5.75 Å². The summed E-state index contributed by atoms with van der Waals surface area (Å²) in [6.07, 6.45) is -4.12. The Balaban J connectivity index is 2.02. The number of carbonyl (C=O) groups is 1. The number of likely N-dealkylation sites (N-methyl/N-ethyl adjacent to an activating group) is 1. The zero-order valence-electron chi connectivity index (χ0n) is 21.7. The molecule has 0 aliphatic carbocycles. The number of aliphatic hydroxyl groups excluding tert-OH is 1. The third-order valence-corrected chi connectivity index (χ3v) is 7.70. The number of alkyl halides is 3. The van der Waals surface area contributed by atoms with E-state index >= 15 is 0 Å². The van der Waals surface area contributed by atoms with Crippen molar-refractivity contribution in [3.63, 3.8) is 0 Å². The van der Waals surface area contributed by atoms with Gasteiger partial charge in [-0.1, -0.05) is 30.3 Å². The number of aryl methyl sites for hydroxylation is 2. The molecule has 2 aromatic rings. The molecule has 0 radical (unpaired) electrons. The van der Waals surface area contributed by atoms with Gasteiger partial charge in [0, 0.05) is 38.2 Å². The lowest BCUT2D eigenvalue weighted by Gasteiger charge is -2.29. The van der Waals surface area contributed by atoms with Gasteiger partial charge in [-0.2, -0.15) is 4.31 Å².